The number of thiocarbonyl (C=S) groups is 1. The normalized spacial score (nSPS) is 16.9. The number of benzene rings is 1. The number of carbonyl (C=O) groups excluding carboxylic acids is 2. The molecule has 13 heteroatoms. The molecule has 1 aromatic carbocycles. The number of hydrazine groups is 1. The lowest BCUT2D eigenvalue weighted by atomic mass is 9.76. The summed E-state index contributed by atoms with van der Waals surface area (Å²) in [5.41, 5.74) is -2.86. The Bertz CT molecular complexity index is 1130. The van der Waals surface area contributed by atoms with Crippen molar-refractivity contribution in [1.29, 1.82) is 0 Å². The highest BCUT2D eigenvalue weighted by Crippen LogP contribution is 2.40. The topological polar surface area (TPSA) is 93.0 Å². The van der Waals surface area contributed by atoms with Crippen LogP contribution < -0.4 is 5.01 Å². The molecule has 0 radical (unpaired) electrons. The number of nitro groups is 1. The Hall–Kier alpha value is -3.35. The van der Waals surface area contributed by atoms with Crippen LogP contribution in [0.3, 0.4) is 0 Å². The molecule has 1 aliphatic heterocycles. The number of nitrogens with zero attached hydrogens (tertiary/aromatic N) is 3. The summed E-state index contributed by atoms with van der Waals surface area (Å²) in [6, 6.07) is 1.55. The molecule has 0 unspecified atom stereocenters. The van der Waals surface area contributed by atoms with Crippen LogP contribution in [-0.4, -0.2) is 40.0 Å². The monoisotopic (exact) mass is 545 g/mol. The Morgan fingerprint density at radius 2 is 1.89 bits per heavy atom. The smallest absolute Gasteiger partial charge is 0.433 e. The van der Waals surface area contributed by atoms with Crippen LogP contribution in [0.4, 0.5) is 28.9 Å². The first-order chi connectivity index (χ1) is 17.1. The van der Waals surface area contributed by atoms with Crippen LogP contribution in [0.5, 0.6) is 0 Å². The number of esters is 1. The molecular weight excluding hydrogens is 518 g/mol. The summed E-state index contributed by atoms with van der Waals surface area (Å²) in [7, 11) is 0. The van der Waals surface area contributed by atoms with Crippen LogP contribution in [0.1, 0.15) is 51.5 Å². The third-order valence-electron chi connectivity index (χ3n) is 5.97. The molecule has 0 aromatic heterocycles. The molecule has 0 spiro atoms. The van der Waals surface area contributed by atoms with Gasteiger partial charge in [0, 0.05) is 10.4 Å². The molecule has 3 rings (SSSR count). The predicted molar refractivity (Wildman–Crippen MR) is 132 cm³/mol. The van der Waals surface area contributed by atoms with Crippen LogP contribution in [0.25, 0.3) is 0 Å². The van der Waals surface area contributed by atoms with Crippen molar-refractivity contribution >= 4 is 40.8 Å². The summed E-state index contributed by atoms with van der Waals surface area (Å²) in [5, 5.41) is 11.5. The van der Waals surface area contributed by atoms with Gasteiger partial charge in [-0.25, -0.2) is 14.4 Å². The van der Waals surface area contributed by atoms with Crippen molar-refractivity contribution in [3.63, 3.8) is 0 Å². The van der Waals surface area contributed by atoms with Gasteiger partial charge in [0.05, 0.1) is 22.1 Å². The molecule has 1 aromatic rings. The summed E-state index contributed by atoms with van der Waals surface area (Å²) >= 11 is 4.87. The first-order valence-corrected chi connectivity index (χ1v) is 11.7. The summed E-state index contributed by atoms with van der Waals surface area (Å²) in [5.74, 6) is -1.23. The van der Waals surface area contributed by atoms with Crippen molar-refractivity contribution < 1.29 is 36.8 Å². The van der Waals surface area contributed by atoms with Crippen LogP contribution in [0.2, 0.25) is 0 Å². The van der Waals surface area contributed by atoms with Gasteiger partial charge in [-0.1, -0.05) is 38.1 Å². The minimum Gasteiger partial charge on any atom is -0.460 e. The molecule has 1 aliphatic carbocycles. The van der Waals surface area contributed by atoms with Gasteiger partial charge in [0.15, 0.2) is 5.82 Å². The maximum absolute atomic E-state index is 14.1. The van der Waals surface area contributed by atoms with Crippen molar-refractivity contribution in [1.82, 2.24) is 5.01 Å². The molecule has 8 nitrogen and oxygen atoms in total. The largest absolute Gasteiger partial charge is 0.460 e. The maximum Gasteiger partial charge on any atom is 0.433 e. The van der Waals surface area contributed by atoms with Gasteiger partial charge in [-0.05, 0) is 45.8 Å². The summed E-state index contributed by atoms with van der Waals surface area (Å²) in [6.07, 6.45) is 1.02. The van der Waals surface area contributed by atoms with Crippen molar-refractivity contribution in [3.8, 4) is 0 Å². The van der Waals surface area contributed by atoms with E-state index in [1.54, 1.807) is 6.92 Å². The number of hydrogen-bond acceptors (Lipinski definition) is 7. The molecule has 2 aliphatic rings. The second-order valence-electron chi connectivity index (χ2n) is 9.03. The van der Waals surface area contributed by atoms with Gasteiger partial charge in [-0.2, -0.15) is 13.2 Å². The number of aryl methyl sites for hydroxylation is 1. The van der Waals surface area contributed by atoms with Gasteiger partial charge in [-0.3, -0.25) is 19.7 Å². The number of rotatable bonds is 6. The summed E-state index contributed by atoms with van der Waals surface area (Å²) < 4.78 is 58.0. The van der Waals surface area contributed by atoms with E-state index < -0.39 is 34.0 Å². The van der Waals surface area contributed by atoms with Crippen molar-refractivity contribution in [2.75, 3.05) is 11.6 Å². The fraction of sp³-hybridized carbons (Fsp3) is 0.458. The number of alkyl halides is 3. The Morgan fingerprint density at radius 3 is 2.38 bits per heavy atom. The first kappa shape index (κ1) is 29.9. The van der Waals surface area contributed by atoms with E-state index in [4.69, 9.17) is 17.0 Å². The maximum atomic E-state index is 14.1. The molecule has 1 heterocycles. The number of carbonyl (C=O) groups is 2. The van der Waals surface area contributed by atoms with Crippen molar-refractivity contribution in [2.45, 2.75) is 59.1 Å². The lowest BCUT2D eigenvalue weighted by molar-refractivity contribution is -0.385. The lowest BCUT2D eigenvalue weighted by Gasteiger charge is -2.30. The third kappa shape index (κ3) is 7.12. The number of halogens is 4. The first-order valence-electron chi connectivity index (χ1n) is 11.3. The molecule has 1 amide bonds. The zero-order valence-electron chi connectivity index (χ0n) is 20.6. The predicted octanol–water partition coefficient (Wildman–Crippen LogP) is 6.09. The van der Waals surface area contributed by atoms with Gasteiger partial charge >= 0.3 is 12.1 Å². The van der Waals surface area contributed by atoms with E-state index in [1.807, 2.05) is 6.92 Å². The Kier molecular flexibility index (Phi) is 9.53. The molecule has 1 fully saturated rings. The van der Waals surface area contributed by atoms with Gasteiger partial charge in [-0.15, -0.1) is 0 Å². The Labute approximate surface area is 216 Å². The minimum absolute atomic E-state index is 0.0190. The highest BCUT2D eigenvalue weighted by Gasteiger charge is 2.45. The second kappa shape index (κ2) is 11.8. The summed E-state index contributed by atoms with van der Waals surface area (Å²) in [6.45, 7) is 8.75. The average Bonchev–Trinajstić information content (AvgIpc) is 3.15. The van der Waals surface area contributed by atoms with E-state index in [-0.39, 0.29) is 34.1 Å². The second-order valence-corrected chi connectivity index (χ2v) is 9.72. The SMILES string of the molecule is C=C1C=C(C(F)(F)F)N(C=O)N1c1cc(C)c([N+](=O)[O-])cc1F.CC(=S)COC(=O)C1(C)CCCCC1. The van der Waals surface area contributed by atoms with Crippen LogP contribution >= 0.6 is 12.2 Å². The quantitative estimate of drug-likeness (QED) is 0.107. The Balaban J connectivity index is 0.000000294. The van der Waals surface area contributed by atoms with Gasteiger partial charge in [0.1, 0.15) is 18.0 Å². The molecular formula is C24H27F4N3O5S. The fourth-order valence-electron chi connectivity index (χ4n) is 4.01. The van der Waals surface area contributed by atoms with E-state index >= 15 is 0 Å². The number of ether oxygens (including phenoxy) is 1. The Morgan fingerprint density at radius 1 is 1.30 bits per heavy atom. The van der Waals surface area contributed by atoms with Crippen molar-refractivity contribution in [2.24, 2.45) is 5.41 Å². The number of nitro benzene ring substituents is 1. The van der Waals surface area contributed by atoms with E-state index in [9.17, 15) is 37.3 Å². The molecule has 202 valence electrons. The molecule has 0 saturated heterocycles. The standard InChI is InChI=1S/C13H9F4N3O3.C11H18O2S/c1-7-3-11(9(14)5-10(7)20(22)23)19-8(2)4-12(13(15,16)17)18(19)6-21;1-9(14)8-13-10(12)11(2)6-4-3-5-7-11/h3-6H,2H2,1H3;3-8H2,1-2H3. The molecule has 1 saturated carbocycles. The zero-order chi connectivity index (χ0) is 28.1. The highest BCUT2D eigenvalue weighted by atomic mass is 32.1. The molecule has 0 atom stereocenters. The van der Waals surface area contributed by atoms with Crippen molar-refractivity contribution in [3.05, 3.63) is 57.7 Å². The van der Waals surface area contributed by atoms with Crippen LogP contribution in [-0.2, 0) is 14.3 Å². The number of amides is 1. The zero-order valence-corrected chi connectivity index (χ0v) is 21.4. The van der Waals surface area contributed by atoms with E-state index in [0.717, 1.165) is 36.6 Å². The summed E-state index contributed by atoms with van der Waals surface area (Å²) in [4.78, 5) is 33.4. The van der Waals surface area contributed by atoms with Crippen LogP contribution in [0, 0.1) is 28.3 Å². The number of allylic oxidation sites excluding steroid dienone is 2. The number of hydrogen-bond donors (Lipinski definition) is 0. The fourth-order valence-corrected chi connectivity index (χ4v) is 4.07. The third-order valence-corrected chi connectivity index (χ3v) is 6.09. The van der Waals surface area contributed by atoms with Gasteiger partial charge in [0.25, 0.3) is 5.69 Å². The molecule has 0 bridgehead atoms. The van der Waals surface area contributed by atoms with E-state index in [1.165, 1.54) is 13.3 Å². The van der Waals surface area contributed by atoms with Crippen LogP contribution in [0.15, 0.2) is 36.2 Å². The molecule has 37 heavy (non-hydrogen) atoms. The number of anilines is 1. The molecule has 0 N–H and O–H groups in total. The lowest BCUT2D eigenvalue weighted by Crippen LogP contribution is -2.39. The minimum atomic E-state index is -4.86. The average molecular weight is 546 g/mol. The van der Waals surface area contributed by atoms with Gasteiger partial charge < -0.3 is 4.74 Å². The van der Waals surface area contributed by atoms with Gasteiger partial charge in [0.2, 0.25) is 6.41 Å². The van der Waals surface area contributed by atoms with E-state index in [2.05, 4.69) is 6.58 Å². The highest BCUT2D eigenvalue weighted by molar-refractivity contribution is 7.80. The van der Waals surface area contributed by atoms with E-state index in [0.29, 0.717) is 23.8 Å².